The molecule has 0 radical (unpaired) electrons. The first-order valence-electron chi connectivity index (χ1n) is 8.56. The number of halogens is 1. The van der Waals surface area contributed by atoms with E-state index in [9.17, 15) is 4.39 Å². The highest BCUT2D eigenvalue weighted by molar-refractivity contribution is 5.82. The Morgan fingerprint density at radius 2 is 1.96 bits per heavy atom. The number of imidazole rings is 2. The Balaban J connectivity index is 1.64. The fourth-order valence-corrected chi connectivity index (χ4v) is 3.12. The van der Waals surface area contributed by atoms with Crippen molar-refractivity contribution in [3.05, 3.63) is 61.0 Å². The van der Waals surface area contributed by atoms with Gasteiger partial charge < -0.3 is 10.3 Å². The summed E-state index contributed by atoms with van der Waals surface area (Å²) in [7, 11) is 0. The van der Waals surface area contributed by atoms with Crippen molar-refractivity contribution in [2.24, 2.45) is 0 Å². The van der Waals surface area contributed by atoms with Gasteiger partial charge in [0.15, 0.2) is 11.5 Å². The summed E-state index contributed by atoms with van der Waals surface area (Å²) < 4.78 is 15.6. The van der Waals surface area contributed by atoms with Gasteiger partial charge in [0.25, 0.3) is 0 Å². The molecule has 9 nitrogen and oxygen atoms in total. The number of hydrogen-bond acceptors (Lipinski definition) is 7. The molecular weight excluding hydrogens is 361 g/mol. The van der Waals surface area contributed by atoms with Crippen LogP contribution in [0.3, 0.4) is 0 Å². The molecule has 0 aliphatic rings. The van der Waals surface area contributed by atoms with E-state index in [4.69, 9.17) is 0 Å². The van der Waals surface area contributed by atoms with Gasteiger partial charge in [-0.1, -0.05) is 0 Å². The largest absolute Gasteiger partial charge is 0.358 e. The lowest BCUT2D eigenvalue weighted by Crippen LogP contribution is -2.15. The molecule has 5 aromatic rings. The smallest absolute Gasteiger partial charge is 0.235 e. The number of aromatic amines is 1. The number of fused-ring (bicyclic) bond motifs is 2. The van der Waals surface area contributed by atoms with Crippen LogP contribution in [0.25, 0.3) is 28.1 Å². The van der Waals surface area contributed by atoms with Crippen LogP contribution in [0.15, 0.2) is 49.3 Å². The summed E-state index contributed by atoms with van der Waals surface area (Å²) >= 11 is 0. The second-order valence-corrected chi connectivity index (χ2v) is 6.18. The third-order valence-corrected chi connectivity index (χ3v) is 4.36. The van der Waals surface area contributed by atoms with Crippen LogP contribution in [0.4, 0.5) is 10.2 Å². The molecule has 1 atom stereocenters. The molecule has 0 bridgehead atoms. The maximum absolute atomic E-state index is 13.9. The van der Waals surface area contributed by atoms with E-state index in [1.54, 1.807) is 35.4 Å². The van der Waals surface area contributed by atoms with E-state index in [1.807, 2.05) is 6.92 Å². The maximum Gasteiger partial charge on any atom is 0.235 e. The topological polar surface area (TPSA) is 110 Å². The van der Waals surface area contributed by atoms with Gasteiger partial charge in [-0.25, -0.2) is 34.3 Å². The number of nitrogens with zero attached hydrogens (tertiary/aromatic N) is 7. The maximum atomic E-state index is 13.9. The van der Waals surface area contributed by atoms with Crippen LogP contribution in [0.1, 0.15) is 18.8 Å². The van der Waals surface area contributed by atoms with Gasteiger partial charge in [0.1, 0.15) is 23.5 Å². The van der Waals surface area contributed by atoms with Crippen LogP contribution in [0.2, 0.25) is 0 Å². The quantitative estimate of drug-likeness (QED) is 0.497. The van der Waals surface area contributed by atoms with Crippen molar-refractivity contribution in [3.63, 3.8) is 0 Å². The molecule has 2 N–H and O–H groups in total. The molecule has 0 amide bonds. The van der Waals surface area contributed by atoms with E-state index in [0.717, 1.165) is 0 Å². The van der Waals surface area contributed by atoms with Gasteiger partial charge in [-0.05, 0) is 25.1 Å². The first-order chi connectivity index (χ1) is 13.7. The molecule has 28 heavy (non-hydrogen) atoms. The van der Waals surface area contributed by atoms with Crippen LogP contribution in [0, 0.1) is 5.82 Å². The van der Waals surface area contributed by atoms with E-state index < -0.39 is 0 Å². The number of anilines is 1. The first-order valence-corrected chi connectivity index (χ1v) is 8.56. The summed E-state index contributed by atoms with van der Waals surface area (Å²) in [5.74, 6) is 1.27. The second kappa shape index (κ2) is 6.34. The lowest BCUT2D eigenvalue weighted by molar-refractivity contribution is 0.629. The Kier molecular flexibility index (Phi) is 3.68. The molecule has 0 spiro atoms. The lowest BCUT2D eigenvalue weighted by atomic mass is 10.3. The summed E-state index contributed by atoms with van der Waals surface area (Å²) in [6.45, 7) is 1.93. The van der Waals surface area contributed by atoms with Crippen molar-refractivity contribution >= 4 is 28.0 Å². The molecule has 10 heteroatoms. The van der Waals surface area contributed by atoms with Gasteiger partial charge in [-0.3, -0.25) is 4.57 Å². The van der Waals surface area contributed by atoms with E-state index in [2.05, 4.69) is 40.2 Å². The molecular formula is C18H14FN9. The zero-order valence-electron chi connectivity index (χ0n) is 14.7. The Bertz CT molecular complexity index is 1280. The second-order valence-electron chi connectivity index (χ2n) is 6.18. The average molecular weight is 375 g/mol. The highest BCUT2D eigenvalue weighted by Gasteiger charge is 2.21. The van der Waals surface area contributed by atoms with Gasteiger partial charge in [0.2, 0.25) is 5.95 Å². The molecule has 5 rings (SSSR count). The van der Waals surface area contributed by atoms with Gasteiger partial charge in [0.05, 0.1) is 23.4 Å². The Labute approximate surface area is 157 Å². The number of H-pyrrole nitrogens is 1. The number of rotatable bonds is 4. The van der Waals surface area contributed by atoms with Crippen LogP contribution < -0.4 is 5.32 Å². The lowest BCUT2D eigenvalue weighted by Gasteiger charge is -2.16. The van der Waals surface area contributed by atoms with Crippen LogP contribution in [-0.2, 0) is 0 Å². The monoisotopic (exact) mass is 375 g/mol. The fraction of sp³-hybridized carbons (Fsp3) is 0.111. The molecule has 0 aliphatic heterocycles. The molecule has 0 fully saturated rings. The van der Waals surface area contributed by atoms with Crippen LogP contribution in [-0.4, -0.2) is 39.5 Å². The molecule has 0 saturated heterocycles. The summed E-state index contributed by atoms with van der Waals surface area (Å²) in [4.78, 5) is 28.9. The van der Waals surface area contributed by atoms with Crippen molar-refractivity contribution in [2.75, 3.05) is 5.32 Å². The van der Waals surface area contributed by atoms with Gasteiger partial charge >= 0.3 is 0 Å². The zero-order chi connectivity index (χ0) is 19.1. The minimum absolute atomic E-state index is 0.291. The summed E-state index contributed by atoms with van der Waals surface area (Å²) in [5, 5.41) is 3.32. The van der Waals surface area contributed by atoms with Crippen molar-refractivity contribution in [1.29, 1.82) is 0 Å². The van der Waals surface area contributed by atoms with E-state index >= 15 is 0 Å². The molecule has 4 aromatic heterocycles. The summed E-state index contributed by atoms with van der Waals surface area (Å²) in [6.07, 6.45) is 6.27. The molecule has 0 saturated carbocycles. The van der Waals surface area contributed by atoms with Gasteiger partial charge in [0, 0.05) is 18.5 Å². The minimum atomic E-state index is -0.355. The fourth-order valence-electron chi connectivity index (χ4n) is 3.12. The SMILES string of the molecule is CC(Nc1ncnc2nc[nH]c12)c1nc2ccc(F)cc2n1-c1ncccn1. The molecule has 0 aliphatic carbocycles. The molecule has 1 aromatic carbocycles. The highest BCUT2D eigenvalue weighted by atomic mass is 19.1. The molecule has 4 heterocycles. The van der Waals surface area contributed by atoms with Gasteiger partial charge in [-0.15, -0.1) is 0 Å². The molecule has 138 valence electrons. The van der Waals surface area contributed by atoms with Crippen molar-refractivity contribution < 1.29 is 4.39 Å². The summed E-state index contributed by atoms with van der Waals surface area (Å²) in [6, 6.07) is 5.87. The zero-order valence-corrected chi connectivity index (χ0v) is 14.7. The van der Waals surface area contributed by atoms with Crippen molar-refractivity contribution in [1.82, 2.24) is 39.5 Å². The van der Waals surface area contributed by atoms with E-state index in [0.29, 0.717) is 39.8 Å². The highest BCUT2D eigenvalue weighted by Crippen LogP contribution is 2.27. The van der Waals surface area contributed by atoms with E-state index in [-0.39, 0.29) is 11.9 Å². The van der Waals surface area contributed by atoms with Crippen molar-refractivity contribution in [2.45, 2.75) is 13.0 Å². The Morgan fingerprint density at radius 3 is 2.82 bits per heavy atom. The molecule has 1 unspecified atom stereocenters. The van der Waals surface area contributed by atoms with Crippen LogP contribution in [0.5, 0.6) is 0 Å². The van der Waals surface area contributed by atoms with E-state index in [1.165, 1.54) is 18.5 Å². The average Bonchev–Trinajstić information content (AvgIpc) is 3.33. The Hall–Kier alpha value is -3.95. The number of benzene rings is 1. The number of hydrogen-bond donors (Lipinski definition) is 2. The third-order valence-electron chi connectivity index (χ3n) is 4.36. The number of nitrogens with one attached hydrogen (secondary N) is 2. The van der Waals surface area contributed by atoms with Gasteiger partial charge in [-0.2, -0.15) is 0 Å². The first kappa shape index (κ1) is 16.2. The van der Waals surface area contributed by atoms with Crippen molar-refractivity contribution in [3.8, 4) is 5.95 Å². The van der Waals surface area contributed by atoms with Crippen LogP contribution >= 0.6 is 0 Å². The standard InChI is InChI=1S/C18H14FN9/c1-10(26-16-14-15(23-8-22-14)24-9-25-16)17-27-12-4-3-11(19)7-13(12)28(17)18-20-5-2-6-21-18/h2-10H,1H3,(H2,22,23,24,25,26). The summed E-state index contributed by atoms with van der Waals surface area (Å²) in [5.41, 5.74) is 2.49. The third kappa shape index (κ3) is 2.62. The Morgan fingerprint density at radius 1 is 1.11 bits per heavy atom. The normalized spacial score (nSPS) is 12.5. The predicted octanol–water partition coefficient (Wildman–Crippen LogP) is 2.79. The number of aromatic nitrogens is 8. The predicted molar refractivity (Wildman–Crippen MR) is 100 cm³/mol. The minimum Gasteiger partial charge on any atom is -0.358 e.